The SMILES string of the molecule is CCC(C)NC(=O)C(C)Sc1ccc(N)cc1Br. The van der Waals surface area contributed by atoms with E-state index in [1.54, 1.807) is 0 Å². The number of carbonyl (C=O) groups is 1. The van der Waals surface area contributed by atoms with E-state index in [9.17, 15) is 4.79 Å². The minimum atomic E-state index is -0.126. The second-order valence-corrected chi connectivity index (χ2v) is 6.50. The van der Waals surface area contributed by atoms with Gasteiger partial charge in [-0.05, 0) is 54.4 Å². The monoisotopic (exact) mass is 330 g/mol. The lowest BCUT2D eigenvalue weighted by Gasteiger charge is -2.16. The van der Waals surface area contributed by atoms with Gasteiger partial charge in [-0.3, -0.25) is 4.79 Å². The molecule has 1 aromatic carbocycles. The summed E-state index contributed by atoms with van der Waals surface area (Å²) in [4.78, 5) is 12.9. The predicted octanol–water partition coefficient (Wildman–Crippen LogP) is 3.43. The van der Waals surface area contributed by atoms with Crippen molar-refractivity contribution >= 4 is 39.3 Å². The Bertz CT molecular complexity index is 425. The molecular formula is C13H19BrN2OS. The minimum Gasteiger partial charge on any atom is -0.399 e. The highest BCUT2D eigenvalue weighted by Gasteiger charge is 2.16. The maximum Gasteiger partial charge on any atom is 0.233 e. The Morgan fingerprint density at radius 2 is 2.17 bits per heavy atom. The maximum atomic E-state index is 11.9. The van der Waals surface area contributed by atoms with Gasteiger partial charge < -0.3 is 11.1 Å². The van der Waals surface area contributed by atoms with E-state index < -0.39 is 0 Å². The summed E-state index contributed by atoms with van der Waals surface area (Å²) in [5, 5.41) is 2.85. The summed E-state index contributed by atoms with van der Waals surface area (Å²) in [6.45, 7) is 5.97. The molecular weight excluding hydrogens is 312 g/mol. The first-order valence-electron chi connectivity index (χ1n) is 5.96. The molecule has 0 heterocycles. The number of nitrogens with one attached hydrogen (secondary N) is 1. The quantitative estimate of drug-likeness (QED) is 0.642. The summed E-state index contributed by atoms with van der Waals surface area (Å²) in [5.74, 6) is 0.0677. The molecule has 0 fully saturated rings. The summed E-state index contributed by atoms with van der Waals surface area (Å²) < 4.78 is 0.927. The van der Waals surface area contributed by atoms with Gasteiger partial charge in [0.1, 0.15) is 0 Å². The average Bonchev–Trinajstić information content (AvgIpc) is 2.32. The highest BCUT2D eigenvalue weighted by molar-refractivity contribution is 9.10. The molecule has 0 spiro atoms. The highest BCUT2D eigenvalue weighted by atomic mass is 79.9. The lowest BCUT2D eigenvalue weighted by atomic mass is 10.2. The third kappa shape index (κ3) is 4.53. The fraction of sp³-hybridized carbons (Fsp3) is 0.462. The van der Waals surface area contributed by atoms with E-state index in [0.29, 0.717) is 5.69 Å². The van der Waals surface area contributed by atoms with Crippen molar-refractivity contribution in [2.24, 2.45) is 0 Å². The highest BCUT2D eigenvalue weighted by Crippen LogP contribution is 2.32. The van der Waals surface area contributed by atoms with E-state index in [-0.39, 0.29) is 17.2 Å². The van der Waals surface area contributed by atoms with Crippen LogP contribution in [-0.2, 0) is 4.79 Å². The van der Waals surface area contributed by atoms with Crippen LogP contribution < -0.4 is 11.1 Å². The van der Waals surface area contributed by atoms with Crippen molar-refractivity contribution in [1.29, 1.82) is 0 Å². The largest absolute Gasteiger partial charge is 0.399 e. The molecule has 0 aliphatic heterocycles. The van der Waals surface area contributed by atoms with Crippen molar-refractivity contribution in [3.8, 4) is 0 Å². The number of carbonyl (C=O) groups excluding carboxylic acids is 1. The standard InChI is InChI=1S/C13H19BrN2OS/c1-4-8(2)16-13(17)9(3)18-12-6-5-10(15)7-11(12)14/h5-9H,4,15H2,1-3H3,(H,16,17). The number of amides is 1. The Morgan fingerprint density at radius 3 is 2.72 bits per heavy atom. The van der Waals surface area contributed by atoms with Crippen molar-refractivity contribution in [3.63, 3.8) is 0 Å². The summed E-state index contributed by atoms with van der Waals surface area (Å²) >= 11 is 4.98. The number of halogens is 1. The summed E-state index contributed by atoms with van der Waals surface area (Å²) in [5.41, 5.74) is 6.39. The molecule has 0 aliphatic carbocycles. The number of hydrogen-bond donors (Lipinski definition) is 2. The zero-order valence-corrected chi connectivity index (χ0v) is 13.3. The van der Waals surface area contributed by atoms with E-state index in [1.165, 1.54) is 11.8 Å². The van der Waals surface area contributed by atoms with Crippen LogP contribution in [0, 0.1) is 0 Å². The van der Waals surface area contributed by atoms with Crippen molar-refractivity contribution < 1.29 is 4.79 Å². The molecule has 0 aromatic heterocycles. The number of thioether (sulfide) groups is 1. The van der Waals surface area contributed by atoms with Gasteiger partial charge in [-0.1, -0.05) is 6.92 Å². The first-order valence-corrected chi connectivity index (χ1v) is 7.63. The molecule has 1 aromatic rings. The molecule has 100 valence electrons. The molecule has 0 aliphatic rings. The van der Waals surface area contributed by atoms with Crippen LogP contribution in [-0.4, -0.2) is 17.2 Å². The number of anilines is 1. The Kier molecular flexibility index (Phi) is 6.02. The molecule has 3 N–H and O–H groups in total. The predicted molar refractivity (Wildman–Crippen MR) is 81.8 cm³/mol. The van der Waals surface area contributed by atoms with Gasteiger partial charge in [0.05, 0.1) is 5.25 Å². The molecule has 0 saturated heterocycles. The Balaban J connectivity index is 2.63. The molecule has 2 unspecified atom stereocenters. The second kappa shape index (κ2) is 7.04. The lowest BCUT2D eigenvalue weighted by molar-refractivity contribution is -0.120. The van der Waals surface area contributed by atoms with E-state index in [1.807, 2.05) is 32.0 Å². The first-order chi connectivity index (χ1) is 8.43. The fourth-order valence-electron chi connectivity index (χ4n) is 1.32. The second-order valence-electron chi connectivity index (χ2n) is 4.27. The maximum absolute atomic E-state index is 11.9. The Hall–Kier alpha value is -0.680. The van der Waals surface area contributed by atoms with E-state index in [0.717, 1.165) is 15.8 Å². The molecule has 5 heteroatoms. The van der Waals surface area contributed by atoms with Gasteiger partial charge in [0.15, 0.2) is 0 Å². The zero-order chi connectivity index (χ0) is 13.7. The molecule has 2 atom stereocenters. The van der Waals surface area contributed by atoms with Crippen LogP contribution in [0.4, 0.5) is 5.69 Å². The van der Waals surface area contributed by atoms with E-state index in [2.05, 4.69) is 28.2 Å². The van der Waals surface area contributed by atoms with Crippen LogP contribution in [0.25, 0.3) is 0 Å². The molecule has 3 nitrogen and oxygen atoms in total. The van der Waals surface area contributed by atoms with Crippen LogP contribution in [0.15, 0.2) is 27.6 Å². The first kappa shape index (κ1) is 15.4. The van der Waals surface area contributed by atoms with Crippen LogP contribution in [0.5, 0.6) is 0 Å². The van der Waals surface area contributed by atoms with Gasteiger partial charge in [0, 0.05) is 21.1 Å². The molecule has 0 bridgehead atoms. The van der Waals surface area contributed by atoms with Gasteiger partial charge in [0.2, 0.25) is 5.91 Å². The van der Waals surface area contributed by atoms with E-state index >= 15 is 0 Å². The fourth-order valence-corrected chi connectivity index (χ4v) is 2.87. The van der Waals surface area contributed by atoms with Gasteiger partial charge >= 0.3 is 0 Å². The molecule has 18 heavy (non-hydrogen) atoms. The van der Waals surface area contributed by atoms with Crippen LogP contribution >= 0.6 is 27.7 Å². The van der Waals surface area contributed by atoms with Gasteiger partial charge in [-0.25, -0.2) is 0 Å². The zero-order valence-electron chi connectivity index (χ0n) is 10.9. The normalized spacial score (nSPS) is 14.0. The van der Waals surface area contributed by atoms with E-state index in [4.69, 9.17) is 5.73 Å². The van der Waals surface area contributed by atoms with Crippen LogP contribution in [0.2, 0.25) is 0 Å². The Labute approximate surface area is 121 Å². The van der Waals surface area contributed by atoms with Crippen molar-refractivity contribution in [2.45, 2.75) is 43.4 Å². The number of nitrogens with two attached hydrogens (primary N) is 1. The summed E-state index contributed by atoms with van der Waals surface area (Å²) in [6, 6.07) is 5.83. The minimum absolute atomic E-state index is 0.0677. The number of rotatable bonds is 5. The van der Waals surface area contributed by atoms with Crippen LogP contribution in [0.3, 0.4) is 0 Å². The number of benzene rings is 1. The van der Waals surface area contributed by atoms with Gasteiger partial charge in [0.25, 0.3) is 0 Å². The van der Waals surface area contributed by atoms with Gasteiger partial charge in [-0.15, -0.1) is 11.8 Å². The van der Waals surface area contributed by atoms with Crippen LogP contribution in [0.1, 0.15) is 27.2 Å². The average molecular weight is 331 g/mol. The molecule has 0 radical (unpaired) electrons. The third-order valence-electron chi connectivity index (χ3n) is 2.63. The van der Waals surface area contributed by atoms with Crippen molar-refractivity contribution in [2.75, 3.05) is 5.73 Å². The summed E-state index contributed by atoms with van der Waals surface area (Å²) in [7, 11) is 0. The Morgan fingerprint density at radius 1 is 1.50 bits per heavy atom. The molecule has 1 amide bonds. The molecule has 1 rings (SSSR count). The molecule has 0 saturated carbocycles. The topological polar surface area (TPSA) is 55.1 Å². The smallest absolute Gasteiger partial charge is 0.233 e. The van der Waals surface area contributed by atoms with Crippen molar-refractivity contribution in [1.82, 2.24) is 5.32 Å². The summed E-state index contributed by atoms with van der Waals surface area (Å²) in [6.07, 6.45) is 0.939. The van der Waals surface area contributed by atoms with Crippen molar-refractivity contribution in [3.05, 3.63) is 22.7 Å². The third-order valence-corrected chi connectivity index (χ3v) is 4.73. The number of hydrogen-bond acceptors (Lipinski definition) is 3. The lowest BCUT2D eigenvalue weighted by Crippen LogP contribution is -2.37. The van der Waals surface area contributed by atoms with Gasteiger partial charge in [-0.2, -0.15) is 0 Å². The number of nitrogen functional groups attached to an aromatic ring is 1.